The fourth-order valence-electron chi connectivity index (χ4n) is 15.1. The molecule has 0 fully saturated rings. The van der Waals surface area contributed by atoms with Gasteiger partial charge in [0.25, 0.3) is 13.4 Å². The van der Waals surface area contributed by atoms with Gasteiger partial charge in [0.1, 0.15) is 23.0 Å². The Bertz CT molecular complexity index is 3860. The molecule has 79 heavy (non-hydrogen) atoms. The molecule has 12 aromatic carbocycles. The summed E-state index contributed by atoms with van der Waals surface area (Å²) in [5.41, 5.74) is 11.9. The standard InChI is InChI=1S/C73H50B2O2Si2/c1-7-25-51(26-8-1)78(52-27-9-2-10-28-52,53-29-11-3-12-30-53)57-45-47-65-69(49-57)76-67-43-23-39-61-71(67)74(65)63-41-21-19-37-59(63)73(61)60-38-20-22-42-64(60)75-66-48-46-58(50-70(66)77-68-44-24-40-62(73)72(68)75)79(54-31-13-4-14-32-54,55-33-15-5-16-34-55)56-35-17-6-18-36-56/h1-50H. The summed E-state index contributed by atoms with van der Waals surface area (Å²) in [5, 5.41) is 10.6. The van der Waals surface area contributed by atoms with Gasteiger partial charge in [-0.25, -0.2) is 0 Å². The van der Waals surface area contributed by atoms with Crippen LogP contribution in [0.3, 0.4) is 0 Å². The molecule has 0 amide bonds. The highest BCUT2D eigenvalue weighted by molar-refractivity contribution is 7.20. The van der Waals surface area contributed by atoms with Gasteiger partial charge in [-0.05, 0) is 110 Å². The predicted molar refractivity (Wildman–Crippen MR) is 334 cm³/mol. The molecule has 4 aliphatic rings. The molecule has 0 bridgehead atoms. The molecule has 0 aliphatic carbocycles. The molecule has 4 heterocycles. The zero-order valence-corrected chi connectivity index (χ0v) is 45.3. The zero-order chi connectivity index (χ0) is 52.1. The normalized spacial score (nSPS) is 13.8. The van der Waals surface area contributed by atoms with Crippen LogP contribution in [-0.4, -0.2) is 29.6 Å². The Kier molecular flexibility index (Phi) is 10.4. The molecule has 0 saturated heterocycles. The quantitative estimate of drug-likeness (QED) is 0.125. The molecule has 0 saturated carbocycles. The monoisotopic (exact) mass is 1040 g/mol. The maximum Gasteiger partial charge on any atom is 0.251 e. The maximum absolute atomic E-state index is 7.45. The Morgan fingerprint density at radius 3 is 0.848 bits per heavy atom. The van der Waals surface area contributed by atoms with E-state index in [-0.39, 0.29) is 13.4 Å². The number of hydrogen-bond donors (Lipinski definition) is 0. The summed E-state index contributed by atoms with van der Waals surface area (Å²) >= 11 is 0. The molecule has 368 valence electrons. The van der Waals surface area contributed by atoms with E-state index < -0.39 is 21.6 Å². The maximum atomic E-state index is 7.45. The summed E-state index contributed by atoms with van der Waals surface area (Å²) in [6, 6.07) is 114. The molecule has 0 unspecified atom stereocenters. The fraction of sp³-hybridized carbons (Fsp3) is 0.0137. The molecule has 6 heteroatoms. The van der Waals surface area contributed by atoms with Gasteiger partial charge in [0, 0.05) is 0 Å². The Hall–Kier alpha value is -9.20. The van der Waals surface area contributed by atoms with Crippen molar-refractivity contribution in [2.75, 3.05) is 0 Å². The third kappa shape index (κ3) is 6.41. The largest absolute Gasteiger partial charge is 0.458 e. The second kappa shape index (κ2) is 17.9. The van der Waals surface area contributed by atoms with Crippen LogP contribution in [-0.2, 0) is 5.41 Å². The molecule has 2 nitrogen and oxygen atoms in total. The lowest BCUT2D eigenvalue weighted by molar-refractivity contribution is 0.484. The van der Waals surface area contributed by atoms with Gasteiger partial charge in [-0.15, -0.1) is 0 Å². The second-order valence-electron chi connectivity index (χ2n) is 21.6. The van der Waals surface area contributed by atoms with Crippen molar-refractivity contribution in [2.45, 2.75) is 5.41 Å². The van der Waals surface area contributed by atoms with Crippen LogP contribution in [0.25, 0.3) is 0 Å². The van der Waals surface area contributed by atoms with Crippen molar-refractivity contribution in [2.24, 2.45) is 0 Å². The van der Waals surface area contributed by atoms with Gasteiger partial charge in [-0.1, -0.05) is 290 Å². The summed E-state index contributed by atoms with van der Waals surface area (Å²) in [7, 11) is -5.70. The molecular weight excluding hydrogens is 987 g/mol. The molecule has 0 radical (unpaired) electrons. The van der Waals surface area contributed by atoms with E-state index >= 15 is 0 Å². The number of hydrogen-bond acceptors (Lipinski definition) is 2. The molecule has 0 N–H and O–H groups in total. The average molecular weight is 1040 g/mol. The van der Waals surface area contributed by atoms with Crippen LogP contribution in [0.1, 0.15) is 22.3 Å². The highest BCUT2D eigenvalue weighted by atomic mass is 28.3. The van der Waals surface area contributed by atoms with E-state index in [0.29, 0.717) is 0 Å². The van der Waals surface area contributed by atoms with E-state index in [2.05, 4.69) is 303 Å². The van der Waals surface area contributed by atoms with Crippen LogP contribution in [0.15, 0.2) is 303 Å². The van der Waals surface area contributed by atoms with E-state index in [4.69, 9.17) is 9.47 Å². The van der Waals surface area contributed by atoms with E-state index in [1.807, 2.05) is 0 Å². The fourth-order valence-corrected chi connectivity index (χ4v) is 24.6. The number of fused-ring (bicyclic) bond motifs is 12. The smallest absolute Gasteiger partial charge is 0.251 e. The summed E-state index contributed by atoms with van der Waals surface area (Å²) in [6.45, 7) is -0.120. The first-order valence-corrected chi connectivity index (χ1v) is 31.6. The highest BCUT2D eigenvalue weighted by Gasteiger charge is 2.57. The molecule has 0 atom stereocenters. The summed E-state index contributed by atoms with van der Waals surface area (Å²) in [4.78, 5) is 0. The third-order valence-electron chi connectivity index (χ3n) is 18.1. The number of benzene rings is 12. The summed E-state index contributed by atoms with van der Waals surface area (Å²) in [5.74, 6) is 3.66. The summed E-state index contributed by atoms with van der Waals surface area (Å²) < 4.78 is 14.9. The van der Waals surface area contributed by atoms with Gasteiger partial charge in [0.2, 0.25) is 0 Å². The van der Waals surface area contributed by atoms with Crippen LogP contribution in [0, 0.1) is 0 Å². The van der Waals surface area contributed by atoms with Crippen molar-refractivity contribution < 1.29 is 9.47 Å². The van der Waals surface area contributed by atoms with Crippen LogP contribution in [0.5, 0.6) is 23.0 Å². The van der Waals surface area contributed by atoms with E-state index in [9.17, 15) is 0 Å². The Morgan fingerprint density at radius 2 is 0.519 bits per heavy atom. The second-order valence-corrected chi connectivity index (χ2v) is 29.2. The van der Waals surface area contributed by atoms with Gasteiger partial charge >= 0.3 is 0 Å². The van der Waals surface area contributed by atoms with Crippen molar-refractivity contribution in [1.29, 1.82) is 0 Å². The first-order chi connectivity index (χ1) is 39.2. The molecule has 1 spiro atoms. The van der Waals surface area contributed by atoms with Crippen molar-refractivity contribution in [3.8, 4) is 23.0 Å². The van der Waals surface area contributed by atoms with Crippen molar-refractivity contribution in [1.82, 2.24) is 0 Å². The van der Waals surface area contributed by atoms with E-state index in [1.165, 1.54) is 96.5 Å². The molecule has 12 aromatic rings. The number of ether oxygens (including phenoxy) is 2. The lowest BCUT2D eigenvalue weighted by atomic mass is 9.25. The molecule has 0 aromatic heterocycles. The molecular formula is C73H50B2O2Si2. The van der Waals surface area contributed by atoms with Crippen LogP contribution in [0.2, 0.25) is 0 Å². The van der Waals surface area contributed by atoms with Gasteiger partial charge in [0.05, 0.1) is 5.41 Å². The number of rotatable bonds is 8. The van der Waals surface area contributed by atoms with Gasteiger partial charge < -0.3 is 9.47 Å². The third-order valence-corrected chi connectivity index (χ3v) is 27.6. The topological polar surface area (TPSA) is 18.5 Å². The molecule has 4 aliphatic heterocycles. The Labute approximate surface area is 464 Å². The SMILES string of the molecule is c1ccc([Si](c2ccccc2)(c2ccccc2)c2ccc3c(c2)Oc2cccc4c2B3c2ccccc2C42c3ccccc3B3c4ccc([Si](c5ccccc5)(c5ccccc5)c5ccccc5)cc4Oc4cccc2c43)cc1. The van der Waals surface area contributed by atoms with Crippen molar-refractivity contribution >= 4 is 104 Å². The van der Waals surface area contributed by atoms with Gasteiger partial charge in [0.15, 0.2) is 16.1 Å². The summed E-state index contributed by atoms with van der Waals surface area (Å²) in [6.07, 6.45) is 0. The minimum absolute atomic E-state index is 0.0600. The van der Waals surface area contributed by atoms with Gasteiger partial charge in [-0.2, -0.15) is 0 Å². The van der Waals surface area contributed by atoms with Crippen LogP contribution >= 0.6 is 0 Å². The van der Waals surface area contributed by atoms with E-state index in [0.717, 1.165) is 23.0 Å². The van der Waals surface area contributed by atoms with Crippen LogP contribution < -0.4 is 83.7 Å². The molecule has 16 rings (SSSR count). The Morgan fingerprint density at radius 1 is 0.228 bits per heavy atom. The first-order valence-electron chi connectivity index (χ1n) is 27.6. The Balaban J connectivity index is 0.889. The zero-order valence-electron chi connectivity index (χ0n) is 43.3. The lowest BCUT2D eigenvalue weighted by Gasteiger charge is -2.51. The van der Waals surface area contributed by atoms with Crippen molar-refractivity contribution in [3.63, 3.8) is 0 Å². The first kappa shape index (κ1) is 45.9. The minimum Gasteiger partial charge on any atom is -0.458 e. The predicted octanol–water partition coefficient (Wildman–Crippen LogP) is 6.69. The van der Waals surface area contributed by atoms with E-state index in [1.54, 1.807) is 0 Å². The minimum atomic E-state index is -2.85. The lowest BCUT2D eigenvalue weighted by Crippen LogP contribution is -2.75. The highest BCUT2D eigenvalue weighted by Crippen LogP contribution is 2.50. The van der Waals surface area contributed by atoms with Gasteiger partial charge in [-0.3, -0.25) is 0 Å². The van der Waals surface area contributed by atoms with Crippen molar-refractivity contribution in [3.05, 3.63) is 326 Å². The van der Waals surface area contributed by atoms with Crippen LogP contribution in [0.4, 0.5) is 0 Å². The average Bonchev–Trinajstić information content (AvgIpc) is 3.66.